The van der Waals surface area contributed by atoms with Crippen LogP contribution in [-0.4, -0.2) is 35.6 Å². The van der Waals surface area contributed by atoms with E-state index in [1.807, 2.05) is 11.8 Å². The number of rotatable bonds is 8. The van der Waals surface area contributed by atoms with Crippen molar-refractivity contribution in [3.05, 3.63) is 0 Å². The molecule has 15 heavy (non-hydrogen) atoms. The van der Waals surface area contributed by atoms with Crippen LogP contribution in [0.4, 0.5) is 0 Å². The topological polar surface area (TPSA) is 12.0 Å². The molecule has 1 aliphatic heterocycles. The third kappa shape index (κ3) is 6.75. The van der Waals surface area contributed by atoms with E-state index in [4.69, 9.17) is 0 Å². The van der Waals surface area contributed by atoms with Gasteiger partial charge in [0.05, 0.1) is 0 Å². The summed E-state index contributed by atoms with van der Waals surface area (Å²) >= 11 is 4.08. The Morgan fingerprint density at radius 1 is 1.27 bits per heavy atom. The van der Waals surface area contributed by atoms with E-state index in [2.05, 4.69) is 30.3 Å². The Hall–Kier alpha value is 0.660. The maximum atomic E-state index is 3.68. The molecule has 3 heteroatoms. The standard InChI is InChI=1S/C12H25NS2/c1-11-9-12(10-15-11)13-7-5-3-4-6-8-14-2/h11-13H,3-10H2,1-2H3. The van der Waals surface area contributed by atoms with Crippen molar-refractivity contribution in [2.24, 2.45) is 0 Å². The van der Waals surface area contributed by atoms with Crippen LogP contribution < -0.4 is 5.32 Å². The molecule has 1 nitrogen and oxygen atoms in total. The van der Waals surface area contributed by atoms with E-state index in [9.17, 15) is 0 Å². The summed E-state index contributed by atoms with van der Waals surface area (Å²) in [6.07, 6.45) is 9.15. The smallest absolute Gasteiger partial charge is 0.0168 e. The van der Waals surface area contributed by atoms with Crippen LogP contribution in [0.3, 0.4) is 0 Å². The van der Waals surface area contributed by atoms with Crippen LogP contribution in [0.5, 0.6) is 0 Å². The molecule has 0 saturated carbocycles. The number of hydrogen-bond donors (Lipinski definition) is 1. The van der Waals surface area contributed by atoms with Crippen LogP contribution in [0, 0.1) is 0 Å². The van der Waals surface area contributed by atoms with Crippen molar-refractivity contribution in [2.45, 2.75) is 50.3 Å². The molecule has 0 aromatic heterocycles. The van der Waals surface area contributed by atoms with E-state index in [1.54, 1.807) is 0 Å². The minimum absolute atomic E-state index is 0.802. The molecule has 1 aliphatic rings. The Kier molecular flexibility index (Phi) is 8.02. The molecule has 1 N–H and O–H groups in total. The van der Waals surface area contributed by atoms with E-state index in [0.717, 1.165) is 11.3 Å². The van der Waals surface area contributed by atoms with Gasteiger partial charge in [-0.15, -0.1) is 0 Å². The Morgan fingerprint density at radius 2 is 2.07 bits per heavy atom. The van der Waals surface area contributed by atoms with Crippen LogP contribution in [-0.2, 0) is 0 Å². The number of nitrogens with one attached hydrogen (secondary N) is 1. The van der Waals surface area contributed by atoms with Crippen molar-refractivity contribution in [2.75, 3.05) is 24.3 Å². The molecule has 0 aliphatic carbocycles. The van der Waals surface area contributed by atoms with E-state index in [1.165, 1.54) is 50.2 Å². The van der Waals surface area contributed by atoms with Gasteiger partial charge < -0.3 is 5.32 Å². The molecule has 1 fully saturated rings. The Labute approximate surface area is 104 Å². The monoisotopic (exact) mass is 247 g/mol. The fourth-order valence-corrected chi connectivity index (χ4v) is 3.67. The zero-order valence-electron chi connectivity index (χ0n) is 10.1. The molecule has 0 aromatic rings. The molecular weight excluding hydrogens is 222 g/mol. The minimum Gasteiger partial charge on any atom is -0.313 e. The largest absolute Gasteiger partial charge is 0.313 e. The average Bonchev–Trinajstić information content (AvgIpc) is 2.63. The van der Waals surface area contributed by atoms with Crippen molar-refractivity contribution >= 4 is 23.5 Å². The number of hydrogen-bond acceptors (Lipinski definition) is 3. The minimum atomic E-state index is 0.802. The zero-order valence-corrected chi connectivity index (χ0v) is 11.8. The second kappa shape index (κ2) is 8.77. The lowest BCUT2D eigenvalue weighted by molar-refractivity contribution is 0.514. The van der Waals surface area contributed by atoms with Gasteiger partial charge in [-0.2, -0.15) is 23.5 Å². The Morgan fingerprint density at radius 3 is 2.73 bits per heavy atom. The molecule has 2 unspecified atom stereocenters. The summed E-state index contributed by atoms with van der Waals surface area (Å²) in [6, 6.07) is 0.802. The van der Waals surface area contributed by atoms with Crippen LogP contribution in [0.2, 0.25) is 0 Å². The highest BCUT2D eigenvalue weighted by Gasteiger charge is 2.20. The highest BCUT2D eigenvalue weighted by atomic mass is 32.2. The first-order valence-corrected chi connectivity index (χ1v) is 8.61. The van der Waals surface area contributed by atoms with Gasteiger partial charge in [0.25, 0.3) is 0 Å². The van der Waals surface area contributed by atoms with Gasteiger partial charge in [-0.1, -0.05) is 19.8 Å². The van der Waals surface area contributed by atoms with Gasteiger partial charge in [0, 0.05) is 17.0 Å². The van der Waals surface area contributed by atoms with Crippen LogP contribution in [0.15, 0.2) is 0 Å². The average molecular weight is 247 g/mol. The summed E-state index contributed by atoms with van der Waals surface area (Å²) in [5, 5.41) is 4.56. The van der Waals surface area contributed by atoms with Gasteiger partial charge in [0.2, 0.25) is 0 Å². The Balaban J connectivity index is 1.81. The first-order chi connectivity index (χ1) is 7.33. The lowest BCUT2D eigenvalue weighted by atomic mass is 10.1. The lowest BCUT2D eigenvalue weighted by Crippen LogP contribution is -2.29. The Bertz CT molecular complexity index is 153. The highest BCUT2D eigenvalue weighted by molar-refractivity contribution is 8.00. The van der Waals surface area contributed by atoms with Gasteiger partial charge >= 0.3 is 0 Å². The molecule has 1 heterocycles. The maximum absolute atomic E-state index is 3.68. The third-order valence-corrected chi connectivity index (χ3v) is 4.96. The summed E-state index contributed by atoms with van der Waals surface area (Å²) < 4.78 is 0. The third-order valence-electron chi connectivity index (χ3n) is 2.91. The molecule has 0 bridgehead atoms. The predicted molar refractivity (Wildman–Crippen MR) is 75.2 cm³/mol. The lowest BCUT2D eigenvalue weighted by Gasteiger charge is -2.10. The summed E-state index contributed by atoms with van der Waals surface area (Å²) in [5.74, 6) is 2.66. The van der Waals surface area contributed by atoms with Crippen LogP contribution >= 0.6 is 23.5 Å². The summed E-state index contributed by atoms with van der Waals surface area (Å²) in [6.45, 7) is 3.58. The van der Waals surface area contributed by atoms with Crippen molar-refractivity contribution < 1.29 is 0 Å². The molecule has 0 amide bonds. The maximum Gasteiger partial charge on any atom is 0.0168 e. The fraction of sp³-hybridized carbons (Fsp3) is 1.00. The second-order valence-electron chi connectivity index (χ2n) is 4.44. The van der Waals surface area contributed by atoms with E-state index in [0.29, 0.717) is 0 Å². The second-order valence-corrected chi connectivity index (χ2v) is 6.89. The molecule has 0 radical (unpaired) electrons. The van der Waals surface area contributed by atoms with Crippen molar-refractivity contribution in [3.63, 3.8) is 0 Å². The van der Waals surface area contributed by atoms with Crippen molar-refractivity contribution in [1.29, 1.82) is 0 Å². The highest BCUT2D eigenvalue weighted by Crippen LogP contribution is 2.25. The van der Waals surface area contributed by atoms with Gasteiger partial charge in [0.1, 0.15) is 0 Å². The molecule has 1 rings (SSSR count). The van der Waals surface area contributed by atoms with Crippen LogP contribution in [0.1, 0.15) is 39.0 Å². The molecular formula is C12H25NS2. The molecule has 1 saturated heterocycles. The molecule has 2 atom stereocenters. The predicted octanol–water partition coefficient (Wildman–Crippen LogP) is 3.39. The number of unbranched alkanes of at least 4 members (excludes halogenated alkanes) is 3. The first kappa shape index (κ1) is 13.7. The quantitative estimate of drug-likeness (QED) is 0.660. The number of thioether (sulfide) groups is 2. The molecule has 90 valence electrons. The van der Waals surface area contributed by atoms with Crippen molar-refractivity contribution in [1.82, 2.24) is 5.32 Å². The molecule has 0 spiro atoms. The van der Waals surface area contributed by atoms with E-state index in [-0.39, 0.29) is 0 Å². The normalized spacial score (nSPS) is 26.0. The summed E-state index contributed by atoms with van der Waals surface area (Å²) in [7, 11) is 0. The first-order valence-electron chi connectivity index (χ1n) is 6.17. The van der Waals surface area contributed by atoms with Crippen LogP contribution in [0.25, 0.3) is 0 Å². The zero-order chi connectivity index (χ0) is 10.9. The van der Waals surface area contributed by atoms with E-state index < -0.39 is 0 Å². The van der Waals surface area contributed by atoms with Gasteiger partial charge in [0.15, 0.2) is 0 Å². The van der Waals surface area contributed by atoms with Gasteiger partial charge in [-0.25, -0.2) is 0 Å². The van der Waals surface area contributed by atoms with E-state index >= 15 is 0 Å². The SMILES string of the molecule is CSCCCCCCNC1CSC(C)C1. The summed E-state index contributed by atoms with van der Waals surface area (Å²) in [4.78, 5) is 0. The fourth-order valence-electron chi connectivity index (χ4n) is 1.99. The molecule has 0 aromatic carbocycles. The van der Waals surface area contributed by atoms with Gasteiger partial charge in [-0.3, -0.25) is 0 Å². The summed E-state index contributed by atoms with van der Waals surface area (Å²) in [5.41, 5.74) is 0. The van der Waals surface area contributed by atoms with Crippen molar-refractivity contribution in [3.8, 4) is 0 Å². The van der Waals surface area contributed by atoms with Gasteiger partial charge in [-0.05, 0) is 37.8 Å².